The number of aliphatic carboxylic acids is 1. The second-order valence-electron chi connectivity index (χ2n) is 7.17. The van der Waals surface area contributed by atoms with Crippen LogP contribution in [0.1, 0.15) is 28.9 Å². The number of fused-ring (bicyclic) bond motifs is 1. The molecule has 1 N–H and O–H groups in total. The van der Waals surface area contributed by atoms with Crippen molar-refractivity contribution in [1.29, 1.82) is 0 Å². The molecule has 1 aromatic heterocycles. The molecule has 4 rings (SSSR count). The standard InChI is InChI=1S/C22H21FN2O3/c23-18-7-3-1-6-17(18)14-25-19-8-4-2-5-16(19)13-20(25)21(26)24-11-9-15(10-12-24)22(27)28/h1-8,13,15H,9-12,14H2,(H,27,28). The highest BCUT2D eigenvalue weighted by Crippen LogP contribution is 2.25. The van der Waals surface area contributed by atoms with Crippen LogP contribution in [-0.4, -0.2) is 39.5 Å². The van der Waals surface area contributed by atoms with Crippen LogP contribution in [0.15, 0.2) is 54.6 Å². The molecule has 5 nitrogen and oxygen atoms in total. The van der Waals surface area contributed by atoms with Gasteiger partial charge < -0.3 is 14.6 Å². The number of carboxylic acids is 1. The normalized spacial score (nSPS) is 15.1. The Balaban J connectivity index is 1.68. The molecule has 1 amide bonds. The number of halogens is 1. The Morgan fingerprint density at radius 2 is 1.71 bits per heavy atom. The van der Waals surface area contributed by atoms with E-state index in [1.54, 1.807) is 23.1 Å². The number of nitrogens with zero attached hydrogens (tertiary/aromatic N) is 2. The molecule has 0 spiro atoms. The molecule has 28 heavy (non-hydrogen) atoms. The number of aromatic nitrogens is 1. The summed E-state index contributed by atoms with van der Waals surface area (Å²) in [7, 11) is 0. The fourth-order valence-corrected chi connectivity index (χ4v) is 3.85. The largest absolute Gasteiger partial charge is 0.481 e. The van der Waals surface area contributed by atoms with E-state index in [2.05, 4.69) is 0 Å². The Labute approximate surface area is 162 Å². The first-order valence-electron chi connectivity index (χ1n) is 9.38. The Morgan fingerprint density at radius 3 is 2.43 bits per heavy atom. The molecular formula is C22H21FN2O3. The first-order chi connectivity index (χ1) is 13.5. The zero-order chi connectivity index (χ0) is 19.7. The lowest BCUT2D eigenvalue weighted by atomic mass is 9.97. The number of likely N-dealkylation sites (tertiary alicyclic amines) is 1. The molecule has 1 fully saturated rings. The van der Waals surface area contributed by atoms with Crippen molar-refractivity contribution >= 4 is 22.8 Å². The lowest BCUT2D eigenvalue weighted by Gasteiger charge is -2.30. The maximum Gasteiger partial charge on any atom is 0.306 e. The van der Waals surface area contributed by atoms with Crippen molar-refractivity contribution in [2.75, 3.05) is 13.1 Å². The molecule has 0 radical (unpaired) electrons. The smallest absolute Gasteiger partial charge is 0.306 e. The summed E-state index contributed by atoms with van der Waals surface area (Å²) in [6.07, 6.45) is 0.906. The van der Waals surface area contributed by atoms with Crippen LogP contribution >= 0.6 is 0 Å². The summed E-state index contributed by atoms with van der Waals surface area (Å²) in [5.41, 5.74) is 1.88. The Bertz CT molecular complexity index is 1040. The number of hydrogen-bond donors (Lipinski definition) is 1. The summed E-state index contributed by atoms with van der Waals surface area (Å²) in [5, 5.41) is 10.1. The minimum atomic E-state index is -0.805. The predicted octanol–water partition coefficient (Wildman–Crippen LogP) is 3.77. The molecule has 0 saturated carbocycles. The summed E-state index contributed by atoms with van der Waals surface area (Å²) in [5.74, 6) is -1.65. The molecule has 0 unspecified atom stereocenters. The van der Waals surface area contributed by atoms with E-state index in [9.17, 15) is 14.0 Å². The average molecular weight is 380 g/mol. The van der Waals surface area contributed by atoms with Crippen molar-refractivity contribution in [2.45, 2.75) is 19.4 Å². The number of benzene rings is 2. The number of amides is 1. The molecule has 1 saturated heterocycles. The van der Waals surface area contributed by atoms with Gasteiger partial charge in [0.25, 0.3) is 5.91 Å². The maximum absolute atomic E-state index is 14.2. The Hall–Kier alpha value is -3.15. The van der Waals surface area contributed by atoms with Crippen LogP contribution in [0.3, 0.4) is 0 Å². The van der Waals surface area contributed by atoms with E-state index >= 15 is 0 Å². The van der Waals surface area contributed by atoms with Gasteiger partial charge in [-0.15, -0.1) is 0 Å². The average Bonchev–Trinajstić information content (AvgIpc) is 3.08. The highest BCUT2D eigenvalue weighted by atomic mass is 19.1. The Kier molecular flexibility index (Phi) is 4.86. The van der Waals surface area contributed by atoms with Crippen LogP contribution in [0, 0.1) is 11.7 Å². The van der Waals surface area contributed by atoms with Gasteiger partial charge in [-0.05, 0) is 31.0 Å². The summed E-state index contributed by atoms with van der Waals surface area (Å²) in [6.45, 7) is 1.08. The number of piperidine rings is 1. The fourth-order valence-electron chi connectivity index (χ4n) is 3.85. The number of rotatable bonds is 4. The van der Waals surface area contributed by atoms with Gasteiger partial charge in [-0.1, -0.05) is 36.4 Å². The predicted molar refractivity (Wildman–Crippen MR) is 104 cm³/mol. The van der Waals surface area contributed by atoms with Gasteiger partial charge in [0.05, 0.1) is 12.5 Å². The summed E-state index contributed by atoms with van der Waals surface area (Å²) in [4.78, 5) is 26.1. The van der Waals surface area contributed by atoms with Crippen LogP contribution < -0.4 is 0 Å². The monoisotopic (exact) mass is 380 g/mol. The van der Waals surface area contributed by atoms with Gasteiger partial charge in [0.1, 0.15) is 11.5 Å². The van der Waals surface area contributed by atoms with Crippen LogP contribution in [0.4, 0.5) is 4.39 Å². The van der Waals surface area contributed by atoms with E-state index in [-0.39, 0.29) is 18.3 Å². The third-order valence-corrected chi connectivity index (χ3v) is 5.45. The molecular weight excluding hydrogens is 359 g/mol. The van der Waals surface area contributed by atoms with Gasteiger partial charge in [-0.25, -0.2) is 4.39 Å². The molecule has 3 aromatic rings. The molecule has 0 aliphatic carbocycles. The molecule has 2 heterocycles. The van der Waals surface area contributed by atoms with Gasteiger partial charge in [0.15, 0.2) is 0 Å². The maximum atomic E-state index is 14.2. The summed E-state index contributed by atoms with van der Waals surface area (Å²) >= 11 is 0. The van der Waals surface area contributed by atoms with Crippen LogP contribution in [0.25, 0.3) is 10.9 Å². The fraction of sp³-hybridized carbons (Fsp3) is 0.273. The van der Waals surface area contributed by atoms with E-state index in [0.717, 1.165) is 10.9 Å². The molecule has 1 aliphatic heterocycles. The molecule has 6 heteroatoms. The molecule has 2 aromatic carbocycles. The van der Waals surface area contributed by atoms with Crippen LogP contribution in [-0.2, 0) is 11.3 Å². The molecule has 1 aliphatic rings. The lowest BCUT2D eigenvalue weighted by molar-refractivity contribution is -0.143. The molecule has 144 valence electrons. The molecule has 0 bridgehead atoms. The number of hydrogen-bond acceptors (Lipinski definition) is 2. The van der Waals surface area contributed by atoms with Crippen LogP contribution in [0.2, 0.25) is 0 Å². The van der Waals surface area contributed by atoms with Crippen molar-refractivity contribution < 1.29 is 19.1 Å². The highest BCUT2D eigenvalue weighted by Gasteiger charge is 2.29. The topological polar surface area (TPSA) is 62.5 Å². The minimum Gasteiger partial charge on any atom is -0.481 e. The van der Waals surface area contributed by atoms with Crippen molar-refractivity contribution in [1.82, 2.24) is 9.47 Å². The van der Waals surface area contributed by atoms with E-state index in [4.69, 9.17) is 5.11 Å². The Morgan fingerprint density at radius 1 is 1.04 bits per heavy atom. The zero-order valence-corrected chi connectivity index (χ0v) is 15.3. The zero-order valence-electron chi connectivity index (χ0n) is 15.3. The van der Waals surface area contributed by atoms with E-state index in [1.807, 2.05) is 34.9 Å². The first kappa shape index (κ1) is 18.2. The van der Waals surface area contributed by atoms with E-state index in [1.165, 1.54) is 6.07 Å². The summed E-state index contributed by atoms with van der Waals surface area (Å²) < 4.78 is 16.1. The molecule has 0 atom stereocenters. The number of carbonyl (C=O) groups excluding carboxylic acids is 1. The van der Waals surface area contributed by atoms with Crippen molar-refractivity contribution in [3.63, 3.8) is 0 Å². The third-order valence-electron chi connectivity index (χ3n) is 5.45. The minimum absolute atomic E-state index is 0.142. The first-order valence-corrected chi connectivity index (χ1v) is 9.38. The number of carbonyl (C=O) groups is 2. The highest BCUT2D eigenvalue weighted by molar-refractivity contribution is 5.99. The van der Waals surface area contributed by atoms with Crippen molar-refractivity contribution in [2.24, 2.45) is 5.92 Å². The van der Waals surface area contributed by atoms with E-state index < -0.39 is 11.9 Å². The van der Waals surface area contributed by atoms with E-state index in [0.29, 0.717) is 37.2 Å². The van der Waals surface area contributed by atoms with Gasteiger partial charge in [0.2, 0.25) is 0 Å². The number of para-hydroxylation sites is 1. The third kappa shape index (κ3) is 3.38. The SMILES string of the molecule is O=C(O)C1CCN(C(=O)c2cc3ccccc3n2Cc2ccccc2F)CC1. The van der Waals surface area contributed by atoms with Gasteiger partial charge in [-0.2, -0.15) is 0 Å². The van der Waals surface area contributed by atoms with Crippen molar-refractivity contribution in [3.05, 3.63) is 71.7 Å². The summed E-state index contributed by atoms with van der Waals surface area (Å²) in [6, 6.07) is 16.0. The van der Waals surface area contributed by atoms with Gasteiger partial charge in [-0.3, -0.25) is 9.59 Å². The van der Waals surface area contributed by atoms with Gasteiger partial charge >= 0.3 is 5.97 Å². The van der Waals surface area contributed by atoms with Crippen LogP contribution in [0.5, 0.6) is 0 Å². The second kappa shape index (κ2) is 7.46. The second-order valence-corrected chi connectivity index (χ2v) is 7.17. The lowest BCUT2D eigenvalue weighted by Crippen LogP contribution is -2.41. The number of carboxylic acid groups (broad SMARTS) is 1. The van der Waals surface area contributed by atoms with Gasteiger partial charge in [0, 0.05) is 29.6 Å². The van der Waals surface area contributed by atoms with Crippen molar-refractivity contribution in [3.8, 4) is 0 Å². The quantitative estimate of drug-likeness (QED) is 0.750.